The molecule has 3 heteroatoms. The van der Waals surface area contributed by atoms with E-state index in [-0.39, 0.29) is 5.78 Å². The van der Waals surface area contributed by atoms with Crippen LogP contribution in [-0.2, 0) is 0 Å². The first kappa shape index (κ1) is 39.6. The Kier molecular flexibility index (Phi) is 24.7. The van der Waals surface area contributed by atoms with E-state index in [9.17, 15) is 4.79 Å². The summed E-state index contributed by atoms with van der Waals surface area (Å²) in [6.45, 7) is 6.06. The first-order valence-corrected chi connectivity index (χ1v) is 19.4. The standard InChI is InChI=1S/C43H68O3/c1-3-5-7-9-11-13-14-15-16-17-18-19-20-22-24-26-38-46-42-34-30-40(31-35-42)43(44)36-29-39-27-32-41(33-28-39)45-37-25-23-21-12-10-8-6-4-2/h27-36H,3-26,37-38H2,1-2H3/b36-29+. The van der Waals surface area contributed by atoms with Crippen LogP contribution in [0.4, 0.5) is 0 Å². The van der Waals surface area contributed by atoms with Gasteiger partial charge in [-0.25, -0.2) is 0 Å². The SMILES string of the molecule is CCCCCCCCCCCCCCCCCCOc1ccc(C(=O)/C=C/c2ccc(OCCCCCCCCCC)cc2)cc1. The van der Waals surface area contributed by atoms with Crippen LogP contribution < -0.4 is 9.47 Å². The van der Waals surface area contributed by atoms with Crippen LogP contribution in [0.25, 0.3) is 6.08 Å². The lowest BCUT2D eigenvalue weighted by atomic mass is 10.0. The molecule has 0 spiro atoms. The molecule has 0 atom stereocenters. The quantitative estimate of drug-likeness (QED) is 0.0471. The fourth-order valence-corrected chi connectivity index (χ4v) is 5.92. The van der Waals surface area contributed by atoms with Gasteiger partial charge in [0, 0.05) is 5.56 Å². The van der Waals surface area contributed by atoms with Gasteiger partial charge in [-0.3, -0.25) is 4.79 Å². The molecule has 0 saturated heterocycles. The van der Waals surface area contributed by atoms with Gasteiger partial charge in [0.25, 0.3) is 0 Å². The molecule has 0 heterocycles. The van der Waals surface area contributed by atoms with Gasteiger partial charge in [0.15, 0.2) is 5.78 Å². The Morgan fingerprint density at radius 3 is 1.15 bits per heavy atom. The van der Waals surface area contributed by atoms with Gasteiger partial charge in [-0.1, -0.05) is 173 Å². The van der Waals surface area contributed by atoms with E-state index in [4.69, 9.17) is 9.47 Å². The molecule has 0 aliphatic carbocycles. The molecule has 0 amide bonds. The Labute approximate surface area is 284 Å². The second-order valence-electron chi connectivity index (χ2n) is 13.3. The molecule has 258 valence electrons. The number of allylic oxidation sites excluding steroid dienone is 1. The van der Waals surface area contributed by atoms with Crippen molar-refractivity contribution in [2.45, 2.75) is 168 Å². The van der Waals surface area contributed by atoms with Crippen molar-refractivity contribution in [2.24, 2.45) is 0 Å². The predicted octanol–water partition coefficient (Wildman–Crippen LogP) is 13.7. The van der Waals surface area contributed by atoms with Gasteiger partial charge in [0.1, 0.15) is 11.5 Å². The van der Waals surface area contributed by atoms with E-state index in [1.54, 1.807) is 6.08 Å². The molecule has 2 aromatic carbocycles. The lowest BCUT2D eigenvalue weighted by Gasteiger charge is -2.07. The van der Waals surface area contributed by atoms with Crippen LogP contribution in [0.1, 0.15) is 184 Å². The van der Waals surface area contributed by atoms with Crippen LogP contribution in [0.15, 0.2) is 54.6 Å². The molecule has 0 aliphatic heterocycles. The average Bonchev–Trinajstić information content (AvgIpc) is 3.08. The normalized spacial score (nSPS) is 11.3. The molecule has 0 saturated carbocycles. The van der Waals surface area contributed by atoms with Crippen LogP contribution in [0.3, 0.4) is 0 Å². The molecular formula is C43H68O3. The molecule has 0 N–H and O–H groups in total. The monoisotopic (exact) mass is 633 g/mol. The second kappa shape index (κ2) is 28.7. The van der Waals surface area contributed by atoms with Crippen LogP contribution in [0, 0.1) is 0 Å². The highest BCUT2D eigenvalue weighted by Gasteiger charge is 2.03. The average molecular weight is 633 g/mol. The molecule has 0 bridgehead atoms. The zero-order valence-corrected chi connectivity index (χ0v) is 29.9. The summed E-state index contributed by atoms with van der Waals surface area (Å²) in [7, 11) is 0. The summed E-state index contributed by atoms with van der Waals surface area (Å²) in [5, 5.41) is 0. The molecular weight excluding hydrogens is 564 g/mol. The summed E-state index contributed by atoms with van der Waals surface area (Å²) >= 11 is 0. The topological polar surface area (TPSA) is 35.5 Å². The maximum absolute atomic E-state index is 12.7. The van der Waals surface area contributed by atoms with E-state index in [2.05, 4.69) is 13.8 Å². The maximum Gasteiger partial charge on any atom is 0.185 e. The number of hydrogen-bond acceptors (Lipinski definition) is 3. The van der Waals surface area contributed by atoms with Crippen molar-refractivity contribution in [3.63, 3.8) is 0 Å². The summed E-state index contributed by atoms with van der Waals surface area (Å²) in [6, 6.07) is 15.5. The predicted molar refractivity (Wildman–Crippen MR) is 199 cm³/mol. The lowest BCUT2D eigenvalue weighted by molar-refractivity contribution is 0.104. The minimum absolute atomic E-state index is 0.000578. The van der Waals surface area contributed by atoms with Gasteiger partial charge in [0.05, 0.1) is 13.2 Å². The minimum atomic E-state index is -0.000578. The summed E-state index contributed by atoms with van der Waals surface area (Å²) in [5.41, 5.74) is 1.67. The number of ether oxygens (including phenoxy) is 2. The summed E-state index contributed by atoms with van der Waals surface area (Å²) in [6.07, 6.45) is 35.9. The van der Waals surface area contributed by atoms with E-state index in [1.807, 2.05) is 54.6 Å². The molecule has 0 fully saturated rings. The Hall–Kier alpha value is -2.55. The molecule has 0 aliphatic rings. The van der Waals surface area contributed by atoms with Crippen LogP contribution >= 0.6 is 0 Å². The largest absolute Gasteiger partial charge is 0.494 e. The molecule has 2 aromatic rings. The highest BCUT2D eigenvalue weighted by molar-refractivity contribution is 6.06. The Bertz CT molecular complexity index is 992. The maximum atomic E-state index is 12.7. The van der Waals surface area contributed by atoms with Crippen molar-refractivity contribution in [3.8, 4) is 11.5 Å². The van der Waals surface area contributed by atoms with Crippen LogP contribution in [-0.4, -0.2) is 19.0 Å². The molecule has 0 aromatic heterocycles. The van der Waals surface area contributed by atoms with Gasteiger partial charge >= 0.3 is 0 Å². The van der Waals surface area contributed by atoms with Gasteiger partial charge in [-0.05, 0) is 60.9 Å². The highest BCUT2D eigenvalue weighted by Crippen LogP contribution is 2.18. The van der Waals surface area contributed by atoms with Crippen molar-refractivity contribution in [3.05, 3.63) is 65.7 Å². The van der Waals surface area contributed by atoms with Crippen molar-refractivity contribution >= 4 is 11.9 Å². The molecule has 0 unspecified atom stereocenters. The third-order valence-electron chi connectivity index (χ3n) is 8.98. The van der Waals surface area contributed by atoms with Gasteiger partial charge in [-0.2, -0.15) is 0 Å². The van der Waals surface area contributed by atoms with Crippen molar-refractivity contribution < 1.29 is 14.3 Å². The summed E-state index contributed by atoms with van der Waals surface area (Å²) in [4.78, 5) is 12.7. The minimum Gasteiger partial charge on any atom is -0.494 e. The lowest BCUT2D eigenvalue weighted by Crippen LogP contribution is -1.99. The second-order valence-corrected chi connectivity index (χ2v) is 13.3. The first-order valence-electron chi connectivity index (χ1n) is 19.4. The van der Waals surface area contributed by atoms with Crippen LogP contribution in [0.5, 0.6) is 11.5 Å². The smallest absolute Gasteiger partial charge is 0.185 e. The molecule has 46 heavy (non-hydrogen) atoms. The molecule has 3 nitrogen and oxygen atoms in total. The van der Waals surface area contributed by atoms with Crippen molar-refractivity contribution in [1.29, 1.82) is 0 Å². The first-order chi connectivity index (χ1) is 22.7. The van der Waals surface area contributed by atoms with E-state index in [1.165, 1.54) is 141 Å². The van der Waals surface area contributed by atoms with E-state index in [0.717, 1.165) is 43.1 Å². The number of carbonyl (C=O) groups is 1. The van der Waals surface area contributed by atoms with Crippen molar-refractivity contribution in [2.75, 3.05) is 13.2 Å². The Morgan fingerprint density at radius 1 is 0.457 bits per heavy atom. The van der Waals surface area contributed by atoms with E-state index >= 15 is 0 Å². The fraction of sp³-hybridized carbons (Fsp3) is 0.651. The number of rotatable bonds is 31. The zero-order valence-electron chi connectivity index (χ0n) is 29.9. The van der Waals surface area contributed by atoms with E-state index < -0.39 is 0 Å². The number of hydrogen-bond donors (Lipinski definition) is 0. The summed E-state index contributed by atoms with van der Waals surface area (Å²) in [5.74, 6) is 1.73. The van der Waals surface area contributed by atoms with Gasteiger partial charge < -0.3 is 9.47 Å². The van der Waals surface area contributed by atoms with Gasteiger partial charge in [-0.15, -0.1) is 0 Å². The zero-order chi connectivity index (χ0) is 32.8. The third-order valence-corrected chi connectivity index (χ3v) is 8.98. The number of carbonyl (C=O) groups excluding carboxylic acids is 1. The van der Waals surface area contributed by atoms with Gasteiger partial charge in [0.2, 0.25) is 0 Å². The van der Waals surface area contributed by atoms with E-state index in [0.29, 0.717) is 5.56 Å². The van der Waals surface area contributed by atoms with Crippen molar-refractivity contribution in [1.82, 2.24) is 0 Å². The number of benzene rings is 2. The Balaban J connectivity index is 1.47. The fourth-order valence-electron chi connectivity index (χ4n) is 5.92. The Morgan fingerprint density at radius 2 is 0.783 bits per heavy atom. The number of unbranched alkanes of at least 4 members (excludes halogenated alkanes) is 22. The third kappa shape index (κ3) is 21.3. The highest BCUT2D eigenvalue weighted by atomic mass is 16.5. The molecule has 0 radical (unpaired) electrons. The summed E-state index contributed by atoms with van der Waals surface area (Å²) < 4.78 is 11.8. The molecule has 2 rings (SSSR count). The number of ketones is 1. The van der Waals surface area contributed by atoms with Crippen LogP contribution in [0.2, 0.25) is 0 Å².